The fraction of sp³-hybridized carbons (Fsp3) is 0.600. The Bertz CT molecular complexity index is 2040. The molecule has 1 aliphatic heterocycles. The van der Waals surface area contributed by atoms with E-state index in [2.05, 4.69) is 36.5 Å². The molecule has 59 heavy (non-hydrogen) atoms. The first-order chi connectivity index (χ1) is 27.2. The number of thioether (sulfide) groups is 1. The maximum Gasteiger partial charge on any atom is 0.481 e. The lowest BCUT2D eigenvalue weighted by Gasteiger charge is -2.30. The number of anilines is 1. The van der Waals surface area contributed by atoms with Crippen LogP contribution in [0, 0.1) is 5.41 Å². The summed E-state index contributed by atoms with van der Waals surface area (Å²) < 4.78 is 75.8. The van der Waals surface area contributed by atoms with Gasteiger partial charge in [-0.15, -0.1) is 0 Å². The lowest BCUT2D eigenvalue weighted by Crippen LogP contribution is -2.46. The first-order valence-corrected chi connectivity index (χ1v) is 22.9. The molecule has 0 spiro atoms. The molecule has 3 rings (SSSR count). The molecule has 0 radical (unpaired) electrons. The van der Waals surface area contributed by atoms with Crippen LogP contribution in [0.2, 0.25) is 0 Å². The second-order valence-electron chi connectivity index (χ2n) is 13.6. The fourth-order valence-corrected chi connectivity index (χ4v) is 8.93. The molecule has 2 aromatic heterocycles. The Kier molecular flexibility index (Phi) is 17.6. The number of rotatable bonds is 23. The van der Waals surface area contributed by atoms with Crippen LogP contribution in [0.5, 0.6) is 0 Å². The summed E-state index contributed by atoms with van der Waals surface area (Å²) in [5.74, 6) is -2.14. The van der Waals surface area contributed by atoms with E-state index >= 15 is 0 Å². The molecule has 24 nitrogen and oxygen atoms in total. The van der Waals surface area contributed by atoms with Crippen molar-refractivity contribution in [2.24, 2.45) is 5.41 Å². The number of allylic oxidation sites excluding steroid dienone is 2. The topological polar surface area (TPSA) is 364 Å². The van der Waals surface area contributed by atoms with Crippen molar-refractivity contribution >= 4 is 69.1 Å². The van der Waals surface area contributed by atoms with Gasteiger partial charge in [0.2, 0.25) is 16.9 Å². The van der Waals surface area contributed by atoms with E-state index in [1.54, 1.807) is 0 Å². The zero-order valence-electron chi connectivity index (χ0n) is 32.1. The maximum absolute atomic E-state index is 13.1. The minimum Gasteiger partial charge on any atom is -0.385 e. The van der Waals surface area contributed by atoms with Crippen LogP contribution in [0.1, 0.15) is 47.0 Å². The molecule has 2 aromatic rings. The number of fused-ring (bicyclic) bond motifs is 1. The third-order valence-corrected chi connectivity index (χ3v) is 12.4. The quantitative estimate of drug-likeness (QED) is 0.0325. The van der Waals surface area contributed by atoms with Gasteiger partial charge < -0.3 is 50.9 Å². The van der Waals surface area contributed by atoms with Crippen molar-refractivity contribution in [3.8, 4) is 0 Å². The number of aromatic nitrogens is 4. The van der Waals surface area contributed by atoms with E-state index in [0.717, 1.165) is 35.1 Å². The van der Waals surface area contributed by atoms with Crippen molar-refractivity contribution in [2.45, 2.75) is 77.1 Å². The summed E-state index contributed by atoms with van der Waals surface area (Å²) in [5.41, 5.74) is 2.50. The van der Waals surface area contributed by atoms with Gasteiger partial charge in [-0.05, 0) is 19.4 Å². The molecule has 0 saturated carbocycles. The molecular weight excluding hydrogens is 874 g/mol. The second kappa shape index (κ2) is 20.7. The number of nitrogens with one attached hydrogen (secondary N) is 2. The Balaban J connectivity index is 1.51. The van der Waals surface area contributed by atoms with Gasteiger partial charge in [0.15, 0.2) is 17.2 Å². The number of nitrogen functional groups attached to an aromatic ring is 1. The van der Waals surface area contributed by atoms with Crippen molar-refractivity contribution in [1.82, 2.24) is 30.2 Å². The number of aliphatic hydroxyl groups is 2. The van der Waals surface area contributed by atoms with Crippen molar-refractivity contribution < 1.29 is 84.9 Å². The molecule has 7 atom stereocenters. The number of hydrogen-bond donors (Lipinski definition) is 9. The normalized spacial score (nSPS) is 22.7. The summed E-state index contributed by atoms with van der Waals surface area (Å²) in [4.78, 5) is 88.4. The summed E-state index contributed by atoms with van der Waals surface area (Å²) >= 11 is 0.884. The third-order valence-electron chi connectivity index (χ3n) is 8.33. The van der Waals surface area contributed by atoms with Crippen LogP contribution in [0.3, 0.4) is 0 Å². The number of aliphatic hydroxyl groups excluding tert-OH is 2. The molecular formula is C30H47FN7O17P3S. The van der Waals surface area contributed by atoms with Crippen molar-refractivity contribution in [1.29, 1.82) is 0 Å². The minimum atomic E-state index is -5.61. The SMILES string of the molecule is C=C(F)/C=C(\CCC)C(=O)SCCNC(=O)CCNC(=O)C(O)C(C)(C)COP(=O)(O)OP(=O)(O)OCC1OC(C)(n2cnc3c(N)ncnc32)C(O)C1OP(=O)(O)O. The highest BCUT2D eigenvalue weighted by Crippen LogP contribution is 2.61. The predicted octanol–water partition coefficient (Wildman–Crippen LogP) is 1.05. The largest absolute Gasteiger partial charge is 0.481 e. The van der Waals surface area contributed by atoms with Crippen molar-refractivity contribution in [3.05, 3.63) is 36.7 Å². The van der Waals surface area contributed by atoms with E-state index in [4.69, 9.17) is 24.0 Å². The predicted molar refractivity (Wildman–Crippen MR) is 205 cm³/mol. The molecule has 29 heteroatoms. The first-order valence-electron chi connectivity index (χ1n) is 17.4. The molecule has 0 aliphatic carbocycles. The molecule has 1 saturated heterocycles. The van der Waals surface area contributed by atoms with Crippen molar-refractivity contribution in [2.75, 3.05) is 37.8 Å². The number of phosphoric acid groups is 3. The summed E-state index contributed by atoms with van der Waals surface area (Å²) in [7, 11) is -16.5. The highest BCUT2D eigenvalue weighted by Gasteiger charge is 2.57. The van der Waals surface area contributed by atoms with Gasteiger partial charge in [0.1, 0.15) is 42.1 Å². The van der Waals surface area contributed by atoms with Gasteiger partial charge in [0.25, 0.3) is 0 Å². The molecule has 10 N–H and O–H groups in total. The van der Waals surface area contributed by atoms with Gasteiger partial charge in [-0.3, -0.25) is 32.5 Å². The van der Waals surface area contributed by atoms with Crippen LogP contribution in [-0.2, 0) is 56.4 Å². The van der Waals surface area contributed by atoms with E-state index in [-0.39, 0.29) is 52.9 Å². The number of carbonyl (C=O) groups is 3. The van der Waals surface area contributed by atoms with Gasteiger partial charge in [-0.2, -0.15) is 4.31 Å². The molecule has 332 valence electrons. The van der Waals surface area contributed by atoms with Crippen LogP contribution in [0.15, 0.2) is 36.7 Å². The number of nitrogens with zero attached hydrogens (tertiary/aromatic N) is 4. The lowest BCUT2D eigenvalue weighted by atomic mass is 9.87. The van der Waals surface area contributed by atoms with E-state index in [1.165, 1.54) is 20.8 Å². The van der Waals surface area contributed by atoms with Gasteiger partial charge >= 0.3 is 23.5 Å². The maximum atomic E-state index is 13.1. The number of hydrogen-bond acceptors (Lipinski definition) is 18. The van der Waals surface area contributed by atoms with Crippen molar-refractivity contribution in [3.63, 3.8) is 0 Å². The smallest absolute Gasteiger partial charge is 0.385 e. The van der Waals surface area contributed by atoms with Crippen LogP contribution < -0.4 is 16.4 Å². The highest BCUT2D eigenvalue weighted by atomic mass is 32.2. The number of ether oxygens (including phenoxy) is 1. The van der Waals surface area contributed by atoms with Gasteiger partial charge in [-0.1, -0.05) is 45.5 Å². The average molecular weight is 922 g/mol. The number of nitrogens with two attached hydrogens (primary N) is 1. The van der Waals surface area contributed by atoms with Crippen LogP contribution in [0.25, 0.3) is 11.2 Å². The zero-order chi connectivity index (χ0) is 44.6. The Morgan fingerprint density at radius 1 is 1.12 bits per heavy atom. The van der Waals surface area contributed by atoms with Crippen LogP contribution in [0.4, 0.5) is 10.2 Å². The Morgan fingerprint density at radius 2 is 1.78 bits per heavy atom. The number of imidazole rings is 1. The molecule has 0 aromatic carbocycles. The summed E-state index contributed by atoms with van der Waals surface area (Å²) in [6, 6.07) is 0. The molecule has 3 heterocycles. The van der Waals surface area contributed by atoms with Crippen LogP contribution >= 0.6 is 35.2 Å². The summed E-state index contributed by atoms with van der Waals surface area (Å²) in [5, 5.41) is 26.2. The zero-order valence-corrected chi connectivity index (χ0v) is 35.6. The van der Waals surface area contributed by atoms with Gasteiger partial charge in [0.05, 0.1) is 19.5 Å². The Hall–Kier alpha value is -3.03. The third kappa shape index (κ3) is 14.5. The first kappa shape index (κ1) is 50.3. The van der Waals surface area contributed by atoms with E-state index in [1.807, 2.05) is 6.92 Å². The second-order valence-corrected chi connectivity index (χ2v) is 18.9. The highest BCUT2D eigenvalue weighted by molar-refractivity contribution is 8.14. The number of carbonyl (C=O) groups excluding carboxylic acids is 3. The van der Waals surface area contributed by atoms with E-state index < -0.39 is 89.9 Å². The minimum absolute atomic E-state index is 0.00972. The summed E-state index contributed by atoms with van der Waals surface area (Å²) in [6.45, 7) is 6.40. The average Bonchev–Trinajstić information content (AvgIpc) is 3.67. The molecule has 0 bridgehead atoms. The Labute approximate surface area is 340 Å². The lowest BCUT2D eigenvalue weighted by molar-refractivity contribution is -0.137. The number of amides is 2. The molecule has 1 fully saturated rings. The monoisotopic (exact) mass is 921 g/mol. The molecule has 1 aliphatic rings. The van der Waals surface area contributed by atoms with Gasteiger partial charge in [0, 0.05) is 36.3 Å². The van der Waals surface area contributed by atoms with Gasteiger partial charge in [-0.25, -0.2) is 33.0 Å². The summed E-state index contributed by atoms with van der Waals surface area (Å²) in [6.07, 6.45) is -3.61. The van der Waals surface area contributed by atoms with Crippen LogP contribution in [-0.4, -0.2) is 123 Å². The molecule has 7 unspecified atom stereocenters. The standard InChI is InChI=1S/C30H47FN7O17P3S/c1-6-7-18(12-17(2)31)28(43)59-11-10-33-20(39)8-9-34-27(42)24(41)29(3,4)14-52-58(49,50)55-57(47,48)51-13-19-22(54-56(44,45)46)23(40)30(5,53-19)38-16-37-21-25(32)35-15-36-26(21)38/h12,15-16,19,22-24,40-41H,2,6-11,13-14H2,1,3-5H3,(H,33,39)(H,34,42)(H,47,48)(H,49,50)(H2,32,35,36)(H2,44,45,46)/b18-12+. The number of phosphoric ester groups is 3. The van der Waals surface area contributed by atoms with E-state index in [9.17, 15) is 62.3 Å². The van der Waals surface area contributed by atoms with E-state index in [0.29, 0.717) is 12.8 Å². The Morgan fingerprint density at radius 3 is 2.41 bits per heavy atom. The molecule has 2 amide bonds. The number of halogens is 1. The fourth-order valence-electron chi connectivity index (χ4n) is 5.37.